The largest absolute Gasteiger partial charge is 0.466 e. The van der Waals surface area contributed by atoms with Gasteiger partial charge in [0.15, 0.2) is 0 Å². The summed E-state index contributed by atoms with van der Waals surface area (Å²) in [6.07, 6.45) is 4.67. The van der Waals surface area contributed by atoms with Gasteiger partial charge in [-0.2, -0.15) is 0 Å². The summed E-state index contributed by atoms with van der Waals surface area (Å²) in [5, 5.41) is 0. The Balaban J connectivity index is 1.86. The van der Waals surface area contributed by atoms with Crippen molar-refractivity contribution >= 4 is 5.57 Å². The number of allylic oxidation sites excluding steroid dienone is 2. The molecule has 17 heavy (non-hydrogen) atoms. The molecule has 1 aromatic heterocycles. The molecule has 1 heteroatoms. The summed E-state index contributed by atoms with van der Waals surface area (Å²) in [6, 6.07) is 14.8. The van der Waals surface area contributed by atoms with Crippen LogP contribution in [-0.2, 0) is 0 Å². The quantitative estimate of drug-likeness (QED) is 0.729. The normalized spacial score (nSPS) is 19.4. The fourth-order valence-corrected chi connectivity index (χ4v) is 2.49. The first kappa shape index (κ1) is 10.4. The van der Waals surface area contributed by atoms with Crippen LogP contribution in [0.3, 0.4) is 0 Å². The van der Waals surface area contributed by atoms with Crippen molar-refractivity contribution in [2.75, 3.05) is 0 Å². The third-order valence-electron chi connectivity index (χ3n) is 3.40. The highest BCUT2D eigenvalue weighted by Gasteiger charge is 2.20. The first-order valence-electron chi connectivity index (χ1n) is 6.15. The number of hydrogen-bond donors (Lipinski definition) is 0. The van der Waals surface area contributed by atoms with Gasteiger partial charge in [-0.25, -0.2) is 0 Å². The second kappa shape index (κ2) is 4.25. The molecule has 0 N–H and O–H groups in total. The maximum absolute atomic E-state index is 5.71. The van der Waals surface area contributed by atoms with Gasteiger partial charge < -0.3 is 4.42 Å². The molecule has 0 amide bonds. The Morgan fingerprint density at radius 2 is 1.88 bits per heavy atom. The van der Waals surface area contributed by atoms with Gasteiger partial charge in [0, 0.05) is 5.92 Å². The van der Waals surface area contributed by atoms with Crippen molar-refractivity contribution in [2.24, 2.45) is 0 Å². The summed E-state index contributed by atoms with van der Waals surface area (Å²) in [5.41, 5.74) is 2.79. The molecule has 1 nitrogen and oxygen atoms in total. The molecule has 3 rings (SSSR count). The fraction of sp³-hybridized carbons (Fsp3) is 0.250. The zero-order valence-electron chi connectivity index (χ0n) is 10.0. The van der Waals surface area contributed by atoms with E-state index < -0.39 is 0 Å². The Bertz CT molecular complexity index is 534. The van der Waals surface area contributed by atoms with Crippen LogP contribution in [0.2, 0.25) is 0 Å². The second-order valence-electron chi connectivity index (χ2n) is 4.65. The van der Waals surface area contributed by atoms with Crippen LogP contribution in [0.1, 0.15) is 35.8 Å². The minimum Gasteiger partial charge on any atom is -0.466 e. The summed E-state index contributed by atoms with van der Waals surface area (Å²) < 4.78 is 5.71. The van der Waals surface area contributed by atoms with Gasteiger partial charge in [-0.1, -0.05) is 36.4 Å². The van der Waals surface area contributed by atoms with E-state index >= 15 is 0 Å². The van der Waals surface area contributed by atoms with E-state index in [1.54, 1.807) is 0 Å². The lowest BCUT2D eigenvalue weighted by atomic mass is 10.1. The van der Waals surface area contributed by atoms with Crippen molar-refractivity contribution in [2.45, 2.75) is 25.7 Å². The first-order chi connectivity index (χ1) is 8.33. The van der Waals surface area contributed by atoms with Gasteiger partial charge in [-0.3, -0.25) is 0 Å². The van der Waals surface area contributed by atoms with E-state index in [4.69, 9.17) is 4.42 Å². The van der Waals surface area contributed by atoms with Gasteiger partial charge in [-0.05, 0) is 43.0 Å². The zero-order valence-corrected chi connectivity index (χ0v) is 10.0. The van der Waals surface area contributed by atoms with E-state index in [9.17, 15) is 0 Å². The lowest BCUT2D eigenvalue weighted by Gasteiger charge is -2.01. The van der Waals surface area contributed by atoms with Crippen molar-refractivity contribution in [3.63, 3.8) is 0 Å². The highest BCUT2D eigenvalue weighted by atomic mass is 16.3. The maximum atomic E-state index is 5.71. The summed E-state index contributed by atoms with van der Waals surface area (Å²) in [4.78, 5) is 0. The second-order valence-corrected chi connectivity index (χ2v) is 4.65. The SMILES string of the molecule is Cc1ccc(C2C=C(c3ccccc3)CC2)o1. The van der Waals surface area contributed by atoms with E-state index in [0.29, 0.717) is 5.92 Å². The Morgan fingerprint density at radius 3 is 2.59 bits per heavy atom. The fourth-order valence-electron chi connectivity index (χ4n) is 2.49. The van der Waals surface area contributed by atoms with Gasteiger partial charge in [0.2, 0.25) is 0 Å². The lowest BCUT2D eigenvalue weighted by Crippen LogP contribution is -1.86. The Morgan fingerprint density at radius 1 is 1.06 bits per heavy atom. The molecule has 86 valence electrons. The number of hydrogen-bond acceptors (Lipinski definition) is 1. The molecule has 2 aromatic rings. The molecule has 1 aliphatic rings. The van der Waals surface area contributed by atoms with E-state index in [2.05, 4.69) is 42.5 Å². The minimum atomic E-state index is 0.457. The van der Waals surface area contributed by atoms with Crippen LogP contribution in [0.5, 0.6) is 0 Å². The summed E-state index contributed by atoms with van der Waals surface area (Å²) in [6.45, 7) is 2.00. The highest BCUT2D eigenvalue weighted by Crippen LogP contribution is 2.37. The van der Waals surface area contributed by atoms with E-state index in [0.717, 1.165) is 24.4 Å². The van der Waals surface area contributed by atoms with Crippen LogP contribution < -0.4 is 0 Å². The average Bonchev–Trinajstić information content (AvgIpc) is 2.98. The van der Waals surface area contributed by atoms with Gasteiger partial charge >= 0.3 is 0 Å². The molecular formula is C16H16O. The van der Waals surface area contributed by atoms with Crippen LogP contribution in [0.15, 0.2) is 53.0 Å². The summed E-state index contributed by atoms with van der Waals surface area (Å²) in [7, 11) is 0. The molecule has 0 aliphatic heterocycles. The molecule has 1 heterocycles. The molecule has 0 saturated carbocycles. The van der Waals surface area contributed by atoms with Gasteiger partial charge in [0.25, 0.3) is 0 Å². The molecule has 1 atom stereocenters. The van der Waals surface area contributed by atoms with Crippen molar-refractivity contribution in [3.05, 3.63) is 65.6 Å². The van der Waals surface area contributed by atoms with Crippen molar-refractivity contribution in [3.8, 4) is 0 Å². The number of rotatable bonds is 2. The molecular weight excluding hydrogens is 208 g/mol. The smallest absolute Gasteiger partial charge is 0.111 e. The minimum absolute atomic E-state index is 0.457. The van der Waals surface area contributed by atoms with Gasteiger partial charge in [0.1, 0.15) is 11.5 Å². The molecule has 1 aliphatic carbocycles. The van der Waals surface area contributed by atoms with Gasteiger partial charge in [-0.15, -0.1) is 0 Å². The van der Waals surface area contributed by atoms with E-state index in [-0.39, 0.29) is 0 Å². The highest BCUT2D eigenvalue weighted by molar-refractivity contribution is 5.68. The topological polar surface area (TPSA) is 13.1 Å². The number of benzene rings is 1. The molecule has 0 spiro atoms. The Kier molecular flexibility index (Phi) is 2.60. The van der Waals surface area contributed by atoms with Crippen LogP contribution in [-0.4, -0.2) is 0 Å². The van der Waals surface area contributed by atoms with Crippen LogP contribution >= 0.6 is 0 Å². The molecule has 1 unspecified atom stereocenters. The molecule has 0 fully saturated rings. The predicted molar refractivity (Wildman–Crippen MR) is 69.8 cm³/mol. The van der Waals surface area contributed by atoms with Crippen molar-refractivity contribution < 1.29 is 4.42 Å². The summed E-state index contributed by atoms with van der Waals surface area (Å²) in [5.74, 6) is 2.56. The van der Waals surface area contributed by atoms with Crippen LogP contribution in [0.4, 0.5) is 0 Å². The van der Waals surface area contributed by atoms with Gasteiger partial charge in [0.05, 0.1) is 0 Å². The average molecular weight is 224 g/mol. The number of furan rings is 1. The third kappa shape index (κ3) is 2.05. The summed E-state index contributed by atoms with van der Waals surface area (Å²) >= 11 is 0. The maximum Gasteiger partial charge on any atom is 0.111 e. The lowest BCUT2D eigenvalue weighted by molar-refractivity contribution is 0.464. The third-order valence-corrected chi connectivity index (χ3v) is 3.40. The number of aryl methyl sites for hydroxylation is 1. The monoisotopic (exact) mass is 224 g/mol. The van der Waals surface area contributed by atoms with Crippen LogP contribution in [0.25, 0.3) is 5.57 Å². The zero-order chi connectivity index (χ0) is 11.7. The van der Waals surface area contributed by atoms with Crippen molar-refractivity contribution in [1.29, 1.82) is 0 Å². The molecule has 0 saturated heterocycles. The van der Waals surface area contributed by atoms with E-state index in [1.807, 2.05) is 13.0 Å². The first-order valence-corrected chi connectivity index (χ1v) is 6.15. The predicted octanol–water partition coefficient (Wildman–Crippen LogP) is 4.55. The molecule has 1 aromatic carbocycles. The molecule has 0 radical (unpaired) electrons. The Hall–Kier alpha value is -1.76. The molecule has 0 bridgehead atoms. The Labute approximate surface area is 102 Å². The standard InChI is InChI=1S/C16H16O/c1-12-7-10-16(17-12)15-9-8-14(11-15)13-5-3-2-4-6-13/h2-7,10-11,15H,8-9H2,1H3. The van der Waals surface area contributed by atoms with Crippen molar-refractivity contribution in [1.82, 2.24) is 0 Å². The van der Waals surface area contributed by atoms with E-state index in [1.165, 1.54) is 11.1 Å². The van der Waals surface area contributed by atoms with Crippen LogP contribution in [0, 0.1) is 6.92 Å².